The third-order valence-electron chi connectivity index (χ3n) is 3.50. The molecule has 0 saturated carbocycles. The average Bonchev–Trinajstić information content (AvgIpc) is 2.86. The highest BCUT2D eigenvalue weighted by Gasteiger charge is 2.36. The van der Waals surface area contributed by atoms with Gasteiger partial charge in [0, 0.05) is 0 Å². The molecule has 0 atom stereocenters. The lowest BCUT2D eigenvalue weighted by Gasteiger charge is -2.12. The predicted octanol–water partition coefficient (Wildman–Crippen LogP) is 3.96. The van der Waals surface area contributed by atoms with Crippen LogP contribution in [0.1, 0.15) is 33.3 Å². The van der Waals surface area contributed by atoms with Gasteiger partial charge in [-0.15, -0.1) is 0 Å². The monoisotopic (exact) mass is 391 g/mol. The second-order valence-electron chi connectivity index (χ2n) is 7.12. The van der Waals surface area contributed by atoms with Crippen LogP contribution >= 0.6 is 11.8 Å². The molecule has 1 aliphatic heterocycles. The van der Waals surface area contributed by atoms with Gasteiger partial charge in [-0.3, -0.25) is 19.3 Å². The molecule has 146 valence electrons. The molecular weight excluding hydrogens is 366 g/mol. The summed E-state index contributed by atoms with van der Waals surface area (Å²) in [7, 11) is 0. The van der Waals surface area contributed by atoms with E-state index < -0.39 is 17.1 Å². The molecule has 0 aliphatic carbocycles. The van der Waals surface area contributed by atoms with Crippen LogP contribution in [0.5, 0.6) is 5.75 Å². The fourth-order valence-corrected chi connectivity index (χ4v) is 2.98. The first kappa shape index (κ1) is 21.0. The number of hydrogen-bond acceptors (Lipinski definition) is 6. The van der Waals surface area contributed by atoms with Crippen LogP contribution in [0, 0.1) is 11.8 Å². The minimum absolute atomic E-state index is 0.191. The number of benzene rings is 1. The van der Waals surface area contributed by atoms with E-state index in [1.54, 1.807) is 6.08 Å². The zero-order valence-electron chi connectivity index (χ0n) is 16.1. The summed E-state index contributed by atoms with van der Waals surface area (Å²) >= 11 is 0.821. The molecule has 1 heterocycles. The molecule has 0 radical (unpaired) electrons. The maximum absolute atomic E-state index is 12.4. The zero-order chi connectivity index (χ0) is 20.0. The van der Waals surface area contributed by atoms with E-state index in [9.17, 15) is 14.4 Å². The second-order valence-corrected chi connectivity index (χ2v) is 8.11. The van der Waals surface area contributed by atoms with E-state index in [0.29, 0.717) is 12.5 Å². The van der Waals surface area contributed by atoms with Gasteiger partial charge in [0.2, 0.25) is 0 Å². The number of rotatable bonds is 8. The molecule has 0 bridgehead atoms. The molecule has 1 fully saturated rings. The summed E-state index contributed by atoms with van der Waals surface area (Å²) in [5, 5.41) is -0.468. The Labute approximate surface area is 163 Å². The Hall–Kier alpha value is -2.28. The van der Waals surface area contributed by atoms with Gasteiger partial charge in [0.1, 0.15) is 12.3 Å². The summed E-state index contributed by atoms with van der Waals surface area (Å²) in [6.45, 7) is 8.49. The summed E-state index contributed by atoms with van der Waals surface area (Å²) in [5.74, 6) is 0.312. The summed E-state index contributed by atoms with van der Waals surface area (Å²) in [4.78, 5) is 37.5. The average molecular weight is 391 g/mol. The van der Waals surface area contributed by atoms with Crippen LogP contribution in [0.2, 0.25) is 0 Å². The molecule has 1 saturated heterocycles. The molecule has 0 spiro atoms. The lowest BCUT2D eigenvalue weighted by atomic mass is 10.2. The van der Waals surface area contributed by atoms with E-state index in [1.807, 2.05) is 38.1 Å². The molecule has 2 amide bonds. The number of carbonyl (C=O) groups is 3. The number of esters is 1. The lowest BCUT2D eigenvalue weighted by Crippen LogP contribution is -2.34. The van der Waals surface area contributed by atoms with Gasteiger partial charge in [0.25, 0.3) is 11.1 Å². The van der Waals surface area contributed by atoms with Crippen LogP contribution < -0.4 is 4.74 Å². The van der Waals surface area contributed by atoms with Gasteiger partial charge < -0.3 is 9.47 Å². The first-order valence-electron chi connectivity index (χ1n) is 8.90. The van der Waals surface area contributed by atoms with E-state index in [0.717, 1.165) is 28.0 Å². The second kappa shape index (κ2) is 9.60. The SMILES string of the molecule is CC(C)COC(=O)CN1C(=O)S/C(=C\c2ccc(OCC(C)C)cc2)C1=O. The maximum Gasteiger partial charge on any atom is 0.326 e. The van der Waals surface area contributed by atoms with Crippen molar-refractivity contribution in [2.75, 3.05) is 19.8 Å². The Bertz CT molecular complexity index is 724. The Morgan fingerprint density at radius 1 is 1.07 bits per heavy atom. The molecule has 1 aromatic rings. The van der Waals surface area contributed by atoms with Crippen LogP contribution in [0.25, 0.3) is 6.08 Å². The van der Waals surface area contributed by atoms with Crippen molar-refractivity contribution >= 4 is 35.0 Å². The zero-order valence-corrected chi connectivity index (χ0v) is 16.9. The minimum atomic E-state index is -0.584. The molecule has 6 nitrogen and oxygen atoms in total. The van der Waals surface area contributed by atoms with Gasteiger partial charge in [0.15, 0.2) is 0 Å². The van der Waals surface area contributed by atoms with E-state index in [4.69, 9.17) is 9.47 Å². The standard InChI is InChI=1S/C20H25NO5S/c1-13(2)11-25-16-7-5-15(6-8-16)9-17-19(23)21(20(24)27-17)10-18(22)26-12-14(3)4/h5-9,13-14H,10-12H2,1-4H3/b17-9-. The molecular formula is C20H25NO5S. The summed E-state index contributed by atoms with van der Waals surface area (Å²) in [5.41, 5.74) is 0.778. The Balaban J connectivity index is 1.99. The number of thioether (sulfide) groups is 1. The Morgan fingerprint density at radius 3 is 2.30 bits per heavy atom. The number of hydrogen-bond donors (Lipinski definition) is 0. The fraction of sp³-hybridized carbons (Fsp3) is 0.450. The quantitative estimate of drug-likeness (QED) is 0.493. The topological polar surface area (TPSA) is 72.9 Å². The van der Waals surface area contributed by atoms with E-state index >= 15 is 0 Å². The Kier molecular flexibility index (Phi) is 7.47. The Morgan fingerprint density at radius 2 is 1.70 bits per heavy atom. The van der Waals surface area contributed by atoms with Gasteiger partial charge >= 0.3 is 5.97 Å². The van der Waals surface area contributed by atoms with Crippen molar-refractivity contribution in [1.82, 2.24) is 4.90 Å². The highest BCUT2D eigenvalue weighted by molar-refractivity contribution is 8.18. The minimum Gasteiger partial charge on any atom is -0.493 e. The highest BCUT2D eigenvalue weighted by Crippen LogP contribution is 2.32. The van der Waals surface area contributed by atoms with Gasteiger partial charge in [-0.25, -0.2) is 0 Å². The maximum atomic E-state index is 12.4. The van der Waals surface area contributed by atoms with Gasteiger partial charge in [-0.2, -0.15) is 0 Å². The summed E-state index contributed by atoms with van der Waals surface area (Å²) in [6, 6.07) is 7.28. The van der Waals surface area contributed by atoms with E-state index in [1.165, 1.54) is 0 Å². The van der Waals surface area contributed by atoms with E-state index in [2.05, 4.69) is 13.8 Å². The largest absolute Gasteiger partial charge is 0.493 e. The number of carbonyl (C=O) groups excluding carboxylic acids is 3. The number of imide groups is 1. The first-order valence-corrected chi connectivity index (χ1v) is 9.71. The summed E-state index contributed by atoms with van der Waals surface area (Å²) in [6.07, 6.45) is 1.64. The van der Waals surface area contributed by atoms with Gasteiger partial charge in [-0.05, 0) is 47.4 Å². The highest BCUT2D eigenvalue weighted by atomic mass is 32.2. The van der Waals surface area contributed by atoms with Crippen LogP contribution in [-0.2, 0) is 14.3 Å². The van der Waals surface area contributed by atoms with Crippen LogP contribution in [-0.4, -0.2) is 41.8 Å². The van der Waals surface area contributed by atoms with Crippen molar-refractivity contribution in [2.24, 2.45) is 11.8 Å². The smallest absolute Gasteiger partial charge is 0.326 e. The third-order valence-corrected chi connectivity index (χ3v) is 4.41. The molecule has 0 unspecified atom stereocenters. The molecule has 2 rings (SSSR count). The number of ether oxygens (including phenoxy) is 2. The van der Waals surface area contributed by atoms with Crippen LogP contribution in [0.4, 0.5) is 4.79 Å². The lowest BCUT2D eigenvalue weighted by molar-refractivity contribution is -0.147. The number of nitrogens with zero attached hydrogens (tertiary/aromatic N) is 1. The van der Waals surface area contributed by atoms with Crippen molar-refractivity contribution in [3.63, 3.8) is 0 Å². The number of amides is 2. The molecule has 0 N–H and O–H groups in total. The van der Waals surface area contributed by atoms with Gasteiger partial charge in [-0.1, -0.05) is 39.8 Å². The first-order chi connectivity index (χ1) is 12.8. The molecule has 0 aromatic heterocycles. The van der Waals surface area contributed by atoms with Crippen molar-refractivity contribution < 1.29 is 23.9 Å². The van der Waals surface area contributed by atoms with Gasteiger partial charge in [0.05, 0.1) is 18.1 Å². The molecule has 1 aliphatic rings. The van der Waals surface area contributed by atoms with Crippen molar-refractivity contribution in [3.05, 3.63) is 34.7 Å². The van der Waals surface area contributed by atoms with Crippen molar-refractivity contribution in [2.45, 2.75) is 27.7 Å². The molecule has 1 aromatic carbocycles. The normalized spacial score (nSPS) is 15.9. The predicted molar refractivity (Wildman–Crippen MR) is 105 cm³/mol. The van der Waals surface area contributed by atoms with E-state index in [-0.39, 0.29) is 24.0 Å². The fourth-order valence-electron chi connectivity index (χ4n) is 2.15. The van der Waals surface area contributed by atoms with Crippen molar-refractivity contribution in [1.29, 1.82) is 0 Å². The van der Waals surface area contributed by atoms with Crippen LogP contribution in [0.3, 0.4) is 0 Å². The van der Waals surface area contributed by atoms with Crippen molar-refractivity contribution in [3.8, 4) is 5.75 Å². The molecule has 27 heavy (non-hydrogen) atoms. The molecule has 7 heteroatoms. The third kappa shape index (κ3) is 6.43. The summed E-state index contributed by atoms with van der Waals surface area (Å²) < 4.78 is 10.7. The van der Waals surface area contributed by atoms with Crippen LogP contribution in [0.15, 0.2) is 29.2 Å².